The Kier molecular flexibility index (Phi) is 5.34. The van der Waals surface area contributed by atoms with Gasteiger partial charge < -0.3 is 4.90 Å². The van der Waals surface area contributed by atoms with Gasteiger partial charge in [-0.3, -0.25) is 10.2 Å². The number of piperazine rings is 1. The third kappa shape index (κ3) is 3.98. The largest absolute Gasteiger partial charge is 0.369 e. The molecule has 5 heteroatoms. The minimum absolute atomic E-state index is 0.816. The third-order valence-corrected chi connectivity index (χ3v) is 3.75. The molecule has 0 unspecified atom stereocenters. The third-order valence-electron chi connectivity index (χ3n) is 2.98. The van der Waals surface area contributed by atoms with Gasteiger partial charge in [0, 0.05) is 48.1 Å². The highest BCUT2D eigenvalue weighted by Gasteiger charge is 2.16. The van der Waals surface area contributed by atoms with Crippen molar-refractivity contribution in [3.63, 3.8) is 0 Å². The first-order chi connectivity index (χ1) is 8.29. The molecule has 2 rings (SSSR count). The first kappa shape index (κ1) is 13.4. The summed E-state index contributed by atoms with van der Waals surface area (Å²) in [7, 11) is 0. The van der Waals surface area contributed by atoms with Gasteiger partial charge in [-0.1, -0.05) is 40.3 Å². The molecule has 0 bridgehead atoms. The van der Waals surface area contributed by atoms with Gasteiger partial charge >= 0.3 is 0 Å². The van der Waals surface area contributed by atoms with Crippen LogP contribution in [-0.2, 0) is 0 Å². The first-order valence-electron chi connectivity index (χ1n) is 5.79. The Morgan fingerprint density at radius 3 is 2.65 bits per heavy atom. The summed E-state index contributed by atoms with van der Waals surface area (Å²) in [6.45, 7) is 5.35. The van der Waals surface area contributed by atoms with Gasteiger partial charge in [0.15, 0.2) is 0 Å². The second kappa shape index (κ2) is 6.78. The first-order valence-corrected chi connectivity index (χ1v) is 7.69. The van der Waals surface area contributed by atoms with Crippen molar-refractivity contribution >= 4 is 39.9 Å². The second-order valence-corrected chi connectivity index (χ2v) is 5.33. The van der Waals surface area contributed by atoms with Crippen LogP contribution in [0.3, 0.4) is 0 Å². The van der Waals surface area contributed by atoms with E-state index in [1.165, 1.54) is 5.69 Å². The maximum atomic E-state index is 6.01. The standard InChI is InChI=1S/C12H17ClIN3/c13-11-2-1-3-12(8-11)17-6-4-16(5-7-17)10-15-9-14/h1-3,8,15H,4-7,9-10H2. The highest BCUT2D eigenvalue weighted by atomic mass is 127. The number of halogens is 2. The van der Waals surface area contributed by atoms with Crippen molar-refractivity contribution < 1.29 is 0 Å². The molecule has 1 aromatic carbocycles. The van der Waals surface area contributed by atoms with Crippen LogP contribution in [0.2, 0.25) is 5.02 Å². The summed E-state index contributed by atoms with van der Waals surface area (Å²) in [5, 5.41) is 4.17. The average molecular weight is 366 g/mol. The molecule has 1 heterocycles. The molecule has 1 fully saturated rings. The van der Waals surface area contributed by atoms with Gasteiger partial charge in [-0.2, -0.15) is 0 Å². The molecule has 0 saturated carbocycles. The van der Waals surface area contributed by atoms with E-state index in [4.69, 9.17) is 11.6 Å². The predicted molar refractivity (Wildman–Crippen MR) is 82.1 cm³/mol. The summed E-state index contributed by atoms with van der Waals surface area (Å²) in [6.07, 6.45) is 0. The molecular weight excluding hydrogens is 349 g/mol. The molecule has 1 aliphatic heterocycles. The summed E-state index contributed by atoms with van der Waals surface area (Å²) in [5.74, 6) is 0. The van der Waals surface area contributed by atoms with Crippen LogP contribution in [0, 0.1) is 0 Å². The second-order valence-electron chi connectivity index (χ2n) is 4.13. The molecule has 0 spiro atoms. The fourth-order valence-corrected chi connectivity index (χ4v) is 2.46. The summed E-state index contributed by atoms with van der Waals surface area (Å²) in [5.41, 5.74) is 1.24. The summed E-state index contributed by atoms with van der Waals surface area (Å²) in [4.78, 5) is 4.84. The molecule has 0 radical (unpaired) electrons. The minimum atomic E-state index is 0.816. The van der Waals surface area contributed by atoms with Gasteiger partial charge in [-0.15, -0.1) is 0 Å². The van der Waals surface area contributed by atoms with Crippen molar-refractivity contribution in [2.75, 3.05) is 42.3 Å². The van der Waals surface area contributed by atoms with Crippen molar-refractivity contribution in [3.05, 3.63) is 29.3 Å². The Labute approximate surface area is 121 Å². The normalized spacial score (nSPS) is 17.4. The Morgan fingerprint density at radius 1 is 1.24 bits per heavy atom. The lowest BCUT2D eigenvalue weighted by Gasteiger charge is -2.36. The predicted octanol–water partition coefficient (Wildman–Crippen LogP) is 2.40. The number of alkyl halides is 1. The highest BCUT2D eigenvalue weighted by molar-refractivity contribution is 14.1. The highest BCUT2D eigenvalue weighted by Crippen LogP contribution is 2.20. The number of anilines is 1. The van der Waals surface area contributed by atoms with E-state index < -0.39 is 0 Å². The number of benzene rings is 1. The number of hydrogen-bond acceptors (Lipinski definition) is 3. The molecule has 1 N–H and O–H groups in total. The number of nitrogens with one attached hydrogen (secondary N) is 1. The smallest absolute Gasteiger partial charge is 0.0489 e. The average Bonchev–Trinajstić information content (AvgIpc) is 2.37. The zero-order chi connectivity index (χ0) is 12.1. The zero-order valence-electron chi connectivity index (χ0n) is 9.70. The molecule has 17 heavy (non-hydrogen) atoms. The zero-order valence-corrected chi connectivity index (χ0v) is 12.6. The van der Waals surface area contributed by atoms with Gasteiger partial charge in [-0.25, -0.2) is 0 Å². The summed E-state index contributed by atoms with van der Waals surface area (Å²) < 4.78 is 1.01. The molecule has 0 atom stereocenters. The summed E-state index contributed by atoms with van der Waals surface area (Å²) in [6, 6.07) is 8.11. The van der Waals surface area contributed by atoms with Gasteiger partial charge in [0.05, 0.1) is 0 Å². The van der Waals surface area contributed by atoms with Crippen LogP contribution in [0.5, 0.6) is 0 Å². The fraction of sp³-hybridized carbons (Fsp3) is 0.500. The lowest BCUT2D eigenvalue weighted by Crippen LogP contribution is -2.49. The lowest BCUT2D eigenvalue weighted by atomic mass is 10.2. The van der Waals surface area contributed by atoms with Crippen molar-refractivity contribution in [1.82, 2.24) is 10.2 Å². The topological polar surface area (TPSA) is 18.5 Å². The number of rotatable bonds is 4. The Morgan fingerprint density at radius 2 is 2.00 bits per heavy atom. The quantitative estimate of drug-likeness (QED) is 0.502. The van der Waals surface area contributed by atoms with Crippen LogP contribution in [0.25, 0.3) is 0 Å². The van der Waals surface area contributed by atoms with Crippen LogP contribution < -0.4 is 10.2 Å². The SMILES string of the molecule is Clc1cccc(N2CCN(CNCI)CC2)c1. The van der Waals surface area contributed by atoms with Gasteiger partial charge in [-0.05, 0) is 18.2 Å². The molecular formula is C12H17ClIN3. The molecule has 1 aliphatic rings. The maximum absolute atomic E-state index is 6.01. The Bertz CT molecular complexity index is 353. The van der Waals surface area contributed by atoms with E-state index >= 15 is 0 Å². The van der Waals surface area contributed by atoms with Gasteiger partial charge in [0.25, 0.3) is 0 Å². The Hall–Kier alpha value is -0.0400. The van der Waals surface area contributed by atoms with Crippen LogP contribution in [-0.4, -0.2) is 42.3 Å². The Balaban J connectivity index is 1.86. The molecule has 1 saturated heterocycles. The molecule has 94 valence electrons. The van der Waals surface area contributed by atoms with E-state index in [9.17, 15) is 0 Å². The van der Waals surface area contributed by atoms with Gasteiger partial charge in [0.1, 0.15) is 0 Å². The van der Waals surface area contributed by atoms with Crippen LogP contribution in [0.15, 0.2) is 24.3 Å². The van der Waals surface area contributed by atoms with E-state index in [1.54, 1.807) is 0 Å². The van der Waals surface area contributed by atoms with Crippen molar-refractivity contribution in [1.29, 1.82) is 0 Å². The molecule has 0 amide bonds. The van der Waals surface area contributed by atoms with Crippen molar-refractivity contribution in [3.8, 4) is 0 Å². The summed E-state index contributed by atoms with van der Waals surface area (Å²) >= 11 is 8.35. The van der Waals surface area contributed by atoms with E-state index in [0.29, 0.717) is 0 Å². The molecule has 0 aliphatic carbocycles. The van der Waals surface area contributed by atoms with Crippen molar-refractivity contribution in [2.24, 2.45) is 0 Å². The fourth-order valence-electron chi connectivity index (χ4n) is 2.04. The van der Waals surface area contributed by atoms with E-state index in [0.717, 1.165) is 42.4 Å². The van der Waals surface area contributed by atoms with Crippen LogP contribution >= 0.6 is 34.2 Å². The van der Waals surface area contributed by atoms with E-state index in [-0.39, 0.29) is 0 Å². The lowest BCUT2D eigenvalue weighted by molar-refractivity contribution is 0.245. The molecule has 3 nitrogen and oxygen atoms in total. The molecule has 1 aromatic rings. The van der Waals surface area contributed by atoms with Gasteiger partial charge in [0.2, 0.25) is 0 Å². The maximum Gasteiger partial charge on any atom is 0.0489 e. The molecule has 0 aromatic heterocycles. The minimum Gasteiger partial charge on any atom is -0.369 e. The van der Waals surface area contributed by atoms with Crippen LogP contribution in [0.1, 0.15) is 0 Å². The monoisotopic (exact) mass is 365 g/mol. The number of hydrogen-bond donors (Lipinski definition) is 1. The van der Waals surface area contributed by atoms with E-state index in [2.05, 4.69) is 43.8 Å². The van der Waals surface area contributed by atoms with Crippen LogP contribution in [0.4, 0.5) is 5.69 Å². The van der Waals surface area contributed by atoms with Crippen molar-refractivity contribution in [2.45, 2.75) is 0 Å². The number of nitrogens with zero attached hydrogens (tertiary/aromatic N) is 2. The van der Waals surface area contributed by atoms with E-state index in [1.807, 2.05) is 18.2 Å².